The summed E-state index contributed by atoms with van der Waals surface area (Å²) in [5.74, 6) is 2.67. The fraction of sp³-hybridized carbons (Fsp3) is 0.625. The van der Waals surface area contributed by atoms with Crippen molar-refractivity contribution in [3.63, 3.8) is 0 Å². The normalized spacial score (nSPS) is 17.9. The van der Waals surface area contributed by atoms with Crippen LogP contribution >= 0.6 is 11.8 Å². The van der Waals surface area contributed by atoms with E-state index in [1.165, 1.54) is 32.1 Å². The maximum Gasteiger partial charge on any atom is 0.0929 e. The molecular weight excluding hydrogens is 254 g/mol. The standard InChI is InChI=1S/C16H27NOS/c1-14(7-6-8-15(2)19-12-11-17)18-13-16-9-4-3-5-10-16/h6-8,16H,2-5,9-13,17H2,1H3/b8-6-,14-7+. The van der Waals surface area contributed by atoms with Gasteiger partial charge in [-0.2, -0.15) is 0 Å². The largest absolute Gasteiger partial charge is 0.498 e. The van der Waals surface area contributed by atoms with Crippen molar-refractivity contribution in [1.82, 2.24) is 0 Å². The quantitative estimate of drug-likeness (QED) is 0.533. The Morgan fingerprint density at radius 3 is 2.79 bits per heavy atom. The van der Waals surface area contributed by atoms with Crippen molar-refractivity contribution >= 4 is 11.8 Å². The molecule has 0 atom stereocenters. The second-order valence-electron chi connectivity index (χ2n) is 5.05. The molecule has 0 aromatic carbocycles. The Hall–Kier alpha value is -0.670. The Kier molecular flexibility index (Phi) is 8.76. The second kappa shape index (κ2) is 10.2. The predicted molar refractivity (Wildman–Crippen MR) is 86.1 cm³/mol. The maximum atomic E-state index is 5.80. The van der Waals surface area contributed by atoms with E-state index in [0.29, 0.717) is 6.54 Å². The van der Waals surface area contributed by atoms with E-state index in [0.717, 1.165) is 28.9 Å². The van der Waals surface area contributed by atoms with Gasteiger partial charge in [0.05, 0.1) is 12.4 Å². The average Bonchev–Trinajstić information content (AvgIpc) is 2.44. The lowest BCUT2D eigenvalue weighted by atomic mass is 9.90. The molecule has 0 unspecified atom stereocenters. The number of hydrogen-bond acceptors (Lipinski definition) is 3. The molecule has 0 heterocycles. The predicted octanol–water partition coefficient (Wildman–Crippen LogP) is 4.25. The highest BCUT2D eigenvalue weighted by atomic mass is 32.2. The van der Waals surface area contributed by atoms with Crippen LogP contribution in [-0.4, -0.2) is 18.9 Å². The van der Waals surface area contributed by atoms with Gasteiger partial charge in [0.25, 0.3) is 0 Å². The number of hydrogen-bond donors (Lipinski definition) is 1. The molecule has 2 N–H and O–H groups in total. The van der Waals surface area contributed by atoms with Gasteiger partial charge < -0.3 is 10.5 Å². The molecule has 1 fully saturated rings. The lowest BCUT2D eigenvalue weighted by Gasteiger charge is -2.21. The van der Waals surface area contributed by atoms with Crippen LogP contribution in [0.1, 0.15) is 39.0 Å². The monoisotopic (exact) mass is 281 g/mol. The van der Waals surface area contributed by atoms with E-state index < -0.39 is 0 Å². The third kappa shape index (κ3) is 8.17. The Labute approximate surface area is 122 Å². The van der Waals surface area contributed by atoms with E-state index in [4.69, 9.17) is 10.5 Å². The molecule has 1 saturated carbocycles. The van der Waals surface area contributed by atoms with Crippen LogP contribution in [0.25, 0.3) is 0 Å². The molecule has 0 aromatic heterocycles. The van der Waals surface area contributed by atoms with Crippen LogP contribution in [0, 0.1) is 5.92 Å². The molecule has 1 aliphatic carbocycles. The van der Waals surface area contributed by atoms with Crippen molar-refractivity contribution in [2.75, 3.05) is 18.9 Å². The first-order chi connectivity index (χ1) is 9.22. The van der Waals surface area contributed by atoms with Crippen LogP contribution in [0.4, 0.5) is 0 Å². The zero-order valence-corrected chi connectivity index (χ0v) is 12.9. The molecule has 0 radical (unpaired) electrons. The van der Waals surface area contributed by atoms with E-state index >= 15 is 0 Å². The molecule has 19 heavy (non-hydrogen) atoms. The summed E-state index contributed by atoms with van der Waals surface area (Å²) in [7, 11) is 0. The first-order valence-electron chi connectivity index (χ1n) is 7.22. The van der Waals surface area contributed by atoms with Gasteiger partial charge in [-0.1, -0.05) is 31.9 Å². The van der Waals surface area contributed by atoms with Gasteiger partial charge in [-0.25, -0.2) is 0 Å². The molecular formula is C16H27NOS. The van der Waals surface area contributed by atoms with Gasteiger partial charge in [0.2, 0.25) is 0 Å². The molecule has 108 valence electrons. The fourth-order valence-electron chi connectivity index (χ4n) is 2.18. The lowest BCUT2D eigenvalue weighted by molar-refractivity contribution is 0.143. The second-order valence-corrected chi connectivity index (χ2v) is 6.28. The Balaban J connectivity index is 2.20. The number of rotatable bonds is 8. The van der Waals surface area contributed by atoms with E-state index in [2.05, 4.69) is 6.58 Å². The highest BCUT2D eigenvalue weighted by Gasteiger charge is 2.13. The van der Waals surface area contributed by atoms with Gasteiger partial charge in [0.15, 0.2) is 0 Å². The highest BCUT2D eigenvalue weighted by Crippen LogP contribution is 2.24. The number of thioether (sulfide) groups is 1. The molecule has 0 aliphatic heterocycles. The van der Waals surface area contributed by atoms with Crippen LogP contribution in [0.2, 0.25) is 0 Å². The van der Waals surface area contributed by atoms with E-state index in [-0.39, 0.29) is 0 Å². The first kappa shape index (κ1) is 16.4. The summed E-state index contributed by atoms with van der Waals surface area (Å²) in [6.07, 6.45) is 12.8. The minimum atomic E-state index is 0.691. The van der Waals surface area contributed by atoms with Crippen molar-refractivity contribution in [3.8, 4) is 0 Å². The number of nitrogens with two attached hydrogens (primary N) is 1. The van der Waals surface area contributed by atoms with Crippen LogP contribution in [0.3, 0.4) is 0 Å². The minimum Gasteiger partial charge on any atom is -0.498 e. The Morgan fingerprint density at radius 1 is 1.37 bits per heavy atom. The summed E-state index contributed by atoms with van der Waals surface area (Å²) in [6, 6.07) is 0. The maximum absolute atomic E-state index is 5.80. The van der Waals surface area contributed by atoms with Gasteiger partial charge in [-0.15, -0.1) is 11.8 Å². The molecule has 0 bridgehead atoms. The van der Waals surface area contributed by atoms with Gasteiger partial charge >= 0.3 is 0 Å². The zero-order chi connectivity index (χ0) is 13.9. The van der Waals surface area contributed by atoms with E-state index in [9.17, 15) is 0 Å². The summed E-state index contributed by atoms with van der Waals surface area (Å²) in [6.45, 7) is 7.54. The third-order valence-electron chi connectivity index (χ3n) is 3.29. The molecule has 0 amide bonds. The molecule has 3 heteroatoms. The van der Waals surface area contributed by atoms with Gasteiger partial charge in [-0.3, -0.25) is 0 Å². The van der Waals surface area contributed by atoms with Crippen LogP contribution in [0.5, 0.6) is 0 Å². The Bertz CT molecular complexity index is 317. The third-order valence-corrected chi connectivity index (χ3v) is 4.24. The molecule has 2 nitrogen and oxygen atoms in total. The molecule has 0 aromatic rings. The highest BCUT2D eigenvalue weighted by molar-refractivity contribution is 8.03. The summed E-state index contributed by atoms with van der Waals surface area (Å²) in [5.41, 5.74) is 5.45. The Morgan fingerprint density at radius 2 is 2.11 bits per heavy atom. The van der Waals surface area contributed by atoms with Crippen molar-refractivity contribution in [1.29, 1.82) is 0 Å². The zero-order valence-electron chi connectivity index (χ0n) is 12.1. The molecule has 1 rings (SSSR count). The summed E-state index contributed by atoms with van der Waals surface area (Å²) in [5, 5.41) is 0. The van der Waals surface area contributed by atoms with Crippen molar-refractivity contribution < 1.29 is 4.74 Å². The fourth-order valence-corrected chi connectivity index (χ4v) is 2.74. The van der Waals surface area contributed by atoms with Gasteiger partial charge in [0, 0.05) is 17.2 Å². The summed E-state index contributed by atoms with van der Waals surface area (Å²) >= 11 is 1.69. The van der Waals surface area contributed by atoms with Gasteiger partial charge in [0.1, 0.15) is 0 Å². The summed E-state index contributed by atoms with van der Waals surface area (Å²) < 4.78 is 5.80. The van der Waals surface area contributed by atoms with Crippen LogP contribution in [0.15, 0.2) is 35.5 Å². The van der Waals surface area contributed by atoms with Gasteiger partial charge in [-0.05, 0) is 37.8 Å². The molecule has 1 aliphatic rings. The van der Waals surface area contributed by atoms with Crippen LogP contribution < -0.4 is 5.73 Å². The summed E-state index contributed by atoms with van der Waals surface area (Å²) in [4.78, 5) is 1.04. The topological polar surface area (TPSA) is 35.2 Å². The smallest absolute Gasteiger partial charge is 0.0929 e. The number of allylic oxidation sites excluding steroid dienone is 4. The van der Waals surface area contributed by atoms with Crippen molar-refractivity contribution in [3.05, 3.63) is 35.5 Å². The SMILES string of the molecule is C=C(/C=C\C=C(/C)OCC1CCCCC1)SCCN. The first-order valence-corrected chi connectivity index (χ1v) is 8.20. The lowest BCUT2D eigenvalue weighted by Crippen LogP contribution is -2.12. The molecule has 0 saturated heterocycles. The number of ether oxygens (including phenoxy) is 1. The molecule has 0 spiro atoms. The average molecular weight is 281 g/mol. The van der Waals surface area contributed by atoms with E-state index in [1.54, 1.807) is 11.8 Å². The minimum absolute atomic E-state index is 0.691. The van der Waals surface area contributed by atoms with E-state index in [1.807, 2.05) is 25.2 Å². The van der Waals surface area contributed by atoms with Crippen LogP contribution in [-0.2, 0) is 4.74 Å². The van der Waals surface area contributed by atoms with Crippen molar-refractivity contribution in [2.45, 2.75) is 39.0 Å². The van der Waals surface area contributed by atoms with Crippen molar-refractivity contribution in [2.24, 2.45) is 11.7 Å².